The second kappa shape index (κ2) is 8.02. The number of hydroxylamine groups is 2. The smallest absolute Gasteiger partial charge is 0.283 e. The molecule has 1 N–H and O–H groups in total. The van der Waals surface area contributed by atoms with Crippen LogP contribution in [0, 0.1) is 19.3 Å². The molecule has 1 aromatic carbocycles. The number of carbonyl (C=O) groups is 1. The van der Waals surface area contributed by atoms with E-state index in [2.05, 4.69) is 4.99 Å². The maximum absolute atomic E-state index is 12.4. The first-order chi connectivity index (χ1) is 14.4. The SMILES string of the molecule is CC1=CC2=NC(=O)/C(=C\c3cccn3CCCOc3c(C)cccc3C)C(=N)N2O1. The molecule has 0 spiro atoms. The van der Waals surface area contributed by atoms with Gasteiger partial charge >= 0.3 is 0 Å². The van der Waals surface area contributed by atoms with Crippen molar-refractivity contribution < 1.29 is 14.4 Å². The summed E-state index contributed by atoms with van der Waals surface area (Å²) in [6.07, 6.45) is 6.09. The zero-order valence-electron chi connectivity index (χ0n) is 17.3. The summed E-state index contributed by atoms with van der Waals surface area (Å²) in [5, 5.41) is 9.61. The second-order valence-corrected chi connectivity index (χ2v) is 7.37. The molecule has 7 heteroatoms. The van der Waals surface area contributed by atoms with Gasteiger partial charge < -0.3 is 14.1 Å². The van der Waals surface area contributed by atoms with Crippen LogP contribution in [0.2, 0.25) is 0 Å². The third-order valence-electron chi connectivity index (χ3n) is 5.04. The van der Waals surface area contributed by atoms with Crippen molar-refractivity contribution in [2.45, 2.75) is 33.7 Å². The highest BCUT2D eigenvalue weighted by atomic mass is 16.7. The molecule has 30 heavy (non-hydrogen) atoms. The van der Waals surface area contributed by atoms with Gasteiger partial charge in [-0.15, -0.1) is 5.06 Å². The molecule has 3 heterocycles. The lowest BCUT2D eigenvalue weighted by atomic mass is 10.1. The van der Waals surface area contributed by atoms with Gasteiger partial charge in [0.05, 0.1) is 12.2 Å². The molecule has 2 aliphatic heterocycles. The fraction of sp³-hybridized carbons (Fsp3) is 0.261. The molecule has 4 rings (SSSR count). The van der Waals surface area contributed by atoms with Gasteiger partial charge in [0.1, 0.15) is 11.5 Å². The van der Waals surface area contributed by atoms with E-state index in [9.17, 15) is 4.79 Å². The molecule has 0 fully saturated rings. The van der Waals surface area contributed by atoms with Crippen LogP contribution in [-0.4, -0.2) is 33.8 Å². The summed E-state index contributed by atoms with van der Waals surface area (Å²) in [6, 6.07) is 9.95. The average molecular weight is 404 g/mol. The molecule has 7 nitrogen and oxygen atoms in total. The van der Waals surface area contributed by atoms with Crippen LogP contribution in [0.4, 0.5) is 0 Å². The number of carbonyl (C=O) groups excluding carboxylic acids is 1. The van der Waals surface area contributed by atoms with Crippen LogP contribution in [0.15, 0.2) is 58.9 Å². The molecule has 0 saturated carbocycles. The van der Waals surface area contributed by atoms with Crippen molar-refractivity contribution in [3.8, 4) is 5.75 Å². The summed E-state index contributed by atoms with van der Waals surface area (Å²) < 4.78 is 8.02. The molecule has 154 valence electrons. The lowest BCUT2D eigenvalue weighted by molar-refractivity contribution is -0.114. The molecular formula is C23H24N4O3. The van der Waals surface area contributed by atoms with E-state index in [4.69, 9.17) is 15.0 Å². The zero-order valence-corrected chi connectivity index (χ0v) is 17.3. The van der Waals surface area contributed by atoms with Gasteiger partial charge in [-0.1, -0.05) is 18.2 Å². The van der Waals surface area contributed by atoms with Crippen LogP contribution in [0.5, 0.6) is 5.75 Å². The number of aliphatic imine (C=N–C) groups is 1. The highest BCUT2D eigenvalue weighted by Crippen LogP contribution is 2.24. The van der Waals surface area contributed by atoms with E-state index >= 15 is 0 Å². The Kier molecular flexibility index (Phi) is 5.27. The Morgan fingerprint density at radius 3 is 2.70 bits per heavy atom. The summed E-state index contributed by atoms with van der Waals surface area (Å²) in [7, 11) is 0. The number of ether oxygens (including phenoxy) is 1. The Morgan fingerprint density at radius 1 is 1.17 bits per heavy atom. The number of aryl methyl sites for hydroxylation is 3. The lowest BCUT2D eigenvalue weighted by Crippen LogP contribution is -2.38. The van der Waals surface area contributed by atoms with Crippen LogP contribution >= 0.6 is 0 Å². The number of hydrogen-bond donors (Lipinski definition) is 1. The van der Waals surface area contributed by atoms with Gasteiger partial charge in [-0.3, -0.25) is 10.2 Å². The number of aromatic nitrogens is 1. The third-order valence-corrected chi connectivity index (χ3v) is 5.04. The van der Waals surface area contributed by atoms with Gasteiger partial charge in [0.15, 0.2) is 11.7 Å². The van der Waals surface area contributed by atoms with E-state index in [1.54, 1.807) is 19.1 Å². The largest absolute Gasteiger partial charge is 0.493 e. The maximum Gasteiger partial charge on any atom is 0.283 e. The van der Waals surface area contributed by atoms with Gasteiger partial charge in [-0.2, -0.15) is 4.99 Å². The number of rotatable bonds is 6. The molecule has 0 aliphatic carbocycles. The quantitative estimate of drug-likeness (QED) is 0.582. The first-order valence-electron chi connectivity index (χ1n) is 9.88. The molecule has 2 aromatic rings. The van der Waals surface area contributed by atoms with Crippen molar-refractivity contribution in [1.82, 2.24) is 9.63 Å². The number of amides is 1. The van der Waals surface area contributed by atoms with Crippen molar-refractivity contribution in [2.75, 3.05) is 6.61 Å². The minimum Gasteiger partial charge on any atom is -0.493 e. The van der Waals surface area contributed by atoms with Gasteiger partial charge in [0.25, 0.3) is 5.91 Å². The number of allylic oxidation sites excluding steroid dienone is 1. The Hall–Kier alpha value is -3.61. The van der Waals surface area contributed by atoms with E-state index in [0.717, 1.165) is 35.5 Å². The maximum atomic E-state index is 12.4. The Balaban J connectivity index is 1.43. The van der Waals surface area contributed by atoms with Gasteiger partial charge in [-0.05, 0) is 56.5 Å². The van der Waals surface area contributed by atoms with Crippen molar-refractivity contribution in [3.63, 3.8) is 0 Å². The molecule has 1 amide bonds. The van der Waals surface area contributed by atoms with Crippen LogP contribution in [0.1, 0.15) is 30.2 Å². The minimum absolute atomic E-state index is 0.00999. The van der Waals surface area contributed by atoms with Gasteiger partial charge in [0.2, 0.25) is 0 Å². The van der Waals surface area contributed by atoms with E-state index in [1.807, 2.05) is 54.9 Å². The molecular weight excluding hydrogens is 380 g/mol. The normalized spacial score (nSPS) is 17.0. The lowest BCUT2D eigenvalue weighted by Gasteiger charge is -2.23. The summed E-state index contributed by atoms with van der Waals surface area (Å²) >= 11 is 0. The Morgan fingerprint density at radius 2 is 1.93 bits per heavy atom. The van der Waals surface area contributed by atoms with Crippen LogP contribution < -0.4 is 4.74 Å². The molecule has 2 aliphatic rings. The number of nitrogens with one attached hydrogen (secondary N) is 1. The summed E-state index contributed by atoms with van der Waals surface area (Å²) in [6.45, 7) is 7.17. The summed E-state index contributed by atoms with van der Waals surface area (Å²) in [4.78, 5) is 21.9. The third kappa shape index (κ3) is 3.78. The van der Waals surface area contributed by atoms with E-state index in [1.165, 1.54) is 5.06 Å². The number of nitrogens with zero attached hydrogens (tertiary/aromatic N) is 3. The standard InChI is InChI=1S/C23H24N4O3/c1-15-7-4-8-16(2)21(15)29-12-6-11-26-10-5-9-18(26)14-19-22(24)27-20(25-23(19)28)13-17(3)30-27/h4-5,7-10,13-14,24H,6,11-12H2,1-3H3/b19-14-,24-22?. The van der Waals surface area contributed by atoms with Crippen molar-refractivity contribution >= 4 is 23.7 Å². The zero-order chi connectivity index (χ0) is 21.3. The summed E-state index contributed by atoms with van der Waals surface area (Å²) in [5.41, 5.74) is 3.29. The Labute approximate surface area is 175 Å². The first-order valence-corrected chi connectivity index (χ1v) is 9.88. The molecule has 0 bridgehead atoms. The van der Waals surface area contributed by atoms with Crippen molar-refractivity contribution in [3.05, 3.63) is 70.8 Å². The number of amidine groups is 2. The van der Waals surface area contributed by atoms with E-state index in [-0.39, 0.29) is 11.4 Å². The molecule has 0 saturated heterocycles. The molecule has 0 unspecified atom stereocenters. The van der Waals surface area contributed by atoms with Crippen molar-refractivity contribution in [2.24, 2.45) is 4.99 Å². The Bertz CT molecular complexity index is 1090. The highest BCUT2D eigenvalue weighted by molar-refractivity contribution is 6.32. The van der Waals surface area contributed by atoms with E-state index < -0.39 is 5.91 Å². The fourth-order valence-corrected chi connectivity index (χ4v) is 3.55. The minimum atomic E-state index is -0.438. The van der Waals surface area contributed by atoms with Crippen molar-refractivity contribution in [1.29, 1.82) is 5.41 Å². The van der Waals surface area contributed by atoms with Crippen LogP contribution in [0.3, 0.4) is 0 Å². The molecule has 0 atom stereocenters. The number of benzene rings is 1. The fourth-order valence-electron chi connectivity index (χ4n) is 3.55. The second-order valence-electron chi connectivity index (χ2n) is 7.37. The number of fused-ring (bicyclic) bond motifs is 1. The first kappa shape index (κ1) is 19.7. The molecule has 1 aromatic heterocycles. The van der Waals surface area contributed by atoms with Gasteiger partial charge in [0, 0.05) is 24.5 Å². The van der Waals surface area contributed by atoms with E-state index in [0.29, 0.717) is 18.2 Å². The highest BCUT2D eigenvalue weighted by Gasteiger charge is 2.34. The predicted octanol–water partition coefficient (Wildman–Crippen LogP) is 4.02. The van der Waals surface area contributed by atoms with Crippen LogP contribution in [0.25, 0.3) is 6.08 Å². The monoisotopic (exact) mass is 404 g/mol. The summed E-state index contributed by atoms with van der Waals surface area (Å²) in [5.74, 6) is 1.44. The number of hydrogen-bond acceptors (Lipinski definition) is 4. The number of para-hydroxylation sites is 1. The van der Waals surface area contributed by atoms with Gasteiger partial charge in [-0.25, -0.2) is 0 Å². The molecule has 0 radical (unpaired) electrons. The average Bonchev–Trinajstić information content (AvgIpc) is 3.30. The predicted molar refractivity (Wildman–Crippen MR) is 115 cm³/mol. The van der Waals surface area contributed by atoms with Crippen LogP contribution in [-0.2, 0) is 16.2 Å². The topological polar surface area (TPSA) is 79.9 Å².